The number of rotatable bonds is 3. The molecule has 0 radical (unpaired) electrons. The zero-order valence-corrected chi connectivity index (χ0v) is 10.3. The minimum Gasteiger partial charge on any atom is -0.388 e. The van der Waals surface area contributed by atoms with Crippen LogP contribution in [-0.2, 0) is 11.2 Å². The molecule has 0 bridgehead atoms. The van der Waals surface area contributed by atoms with E-state index in [-0.39, 0.29) is 5.91 Å². The van der Waals surface area contributed by atoms with Crippen molar-refractivity contribution in [2.24, 2.45) is 0 Å². The van der Waals surface area contributed by atoms with Gasteiger partial charge in [-0.25, -0.2) is 0 Å². The molecule has 0 spiro atoms. The summed E-state index contributed by atoms with van der Waals surface area (Å²) in [5, 5.41) is 3.12. The van der Waals surface area contributed by atoms with Gasteiger partial charge in [0.05, 0.1) is 0 Å². The van der Waals surface area contributed by atoms with E-state index >= 15 is 0 Å². The molecular formula is C12H16N2OS. The maximum absolute atomic E-state index is 11.8. The Kier molecular flexibility index (Phi) is 3.39. The van der Waals surface area contributed by atoms with E-state index in [0.717, 1.165) is 17.8 Å². The van der Waals surface area contributed by atoms with Crippen LogP contribution in [0.1, 0.15) is 12.0 Å². The van der Waals surface area contributed by atoms with Crippen LogP contribution in [0.3, 0.4) is 0 Å². The predicted molar refractivity (Wildman–Crippen MR) is 70.5 cm³/mol. The summed E-state index contributed by atoms with van der Waals surface area (Å²) in [4.78, 5) is 13.6. The van der Waals surface area contributed by atoms with Crippen LogP contribution in [0.25, 0.3) is 0 Å². The smallest absolute Gasteiger partial charge is 0.227 e. The summed E-state index contributed by atoms with van der Waals surface area (Å²) in [5.74, 6) is 0.901. The van der Waals surface area contributed by atoms with Gasteiger partial charge < -0.3 is 10.2 Å². The van der Waals surface area contributed by atoms with Gasteiger partial charge in [0.25, 0.3) is 0 Å². The summed E-state index contributed by atoms with van der Waals surface area (Å²) in [6.07, 6.45) is 1.45. The fourth-order valence-corrected chi connectivity index (χ4v) is 2.26. The lowest BCUT2D eigenvalue weighted by molar-refractivity contribution is -0.118. The van der Waals surface area contributed by atoms with Gasteiger partial charge in [-0.2, -0.15) is 12.6 Å². The van der Waals surface area contributed by atoms with Crippen molar-refractivity contribution < 1.29 is 4.79 Å². The first kappa shape index (κ1) is 11.3. The van der Waals surface area contributed by atoms with Crippen LogP contribution >= 0.6 is 12.6 Å². The molecule has 0 fully saturated rings. The van der Waals surface area contributed by atoms with E-state index in [1.54, 1.807) is 0 Å². The maximum atomic E-state index is 11.8. The lowest BCUT2D eigenvalue weighted by atomic mass is 10.0. The van der Waals surface area contributed by atoms with Gasteiger partial charge in [-0.05, 0) is 30.2 Å². The van der Waals surface area contributed by atoms with E-state index in [1.165, 1.54) is 5.56 Å². The Hall–Kier alpha value is -1.16. The molecule has 1 aliphatic rings. The fraction of sp³-hybridized carbons (Fsp3) is 0.417. The number of nitrogens with one attached hydrogen (secondary N) is 1. The van der Waals surface area contributed by atoms with Crippen LogP contribution in [0.15, 0.2) is 18.2 Å². The van der Waals surface area contributed by atoms with Gasteiger partial charge in [-0.15, -0.1) is 0 Å². The second kappa shape index (κ2) is 4.78. The number of thiol groups is 1. The lowest BCUT2D eigenvalue weighted by Crippen LogP contribution is -2.36. The molecular weight excluding hydrogens is 220 g/mol. The molecule has 86 valence electrons. The third-order valence-corrected chi connectivity index (χ3v) is 3.09. The van der Waals surface area contributed by atoms with Gasteiger partial charge in [-0.3, -0.25) is 4.79 Å². The molecule has 1 aliphatic heterocycles. The predicted octanol–water partition coefficient (Wildman–Crippen LogP) is 1.94. The highest BCUT2D eigenvalue weighted by Crippen LogP contribution is 2.29. The molecule has 0 aliphatic carbocycles. The molecule has 4 heteroatoms. The number of carbonyl (C=O) groups is 1. The molecule has 0 aromatic heterocycles. The van der Waals surface area contributed by atoms with Crippen LogP contribution in [0.2, 0.25) is 0 Å². The molecule has 16 heavy (non-hydrogen) atoms. The minimum atomic E-state index is 0.207. The number of hydrogen-bond donors (Lipinski definition) is 2. The molecule has 0 saturated carbocycles. The van der Waals surface area contributed by atoms with E-state index < -0.39 is 0 Å². The van der Waals surface area contributed by atoms with E-state index in [4.69, 9.17) is 0 Å². The average molecular weight is 236 g/mol. The Bertz CT molecular complexity index is 406. The number of benzene rings is 1. The average Bonchev–Trinajstić information content (AvgIpc) is 2.32. The Balaban J connectivity index is 2.36. The van der Waals surface area contributed by atoms with Crippen molar-refractivity contribution in [3.8, 4) is 0 Å². The molecule has 2 rings (SSSR count). The molecule has 1 heterocycles. The number of aryl methyl sites for hydroxylation is 1. The standard InChI is InChI=1S/C12H16N2OS/c1-13-10-3-4-11-9(8-10)2-5-12(15)14(11)6-7-16/h3-4,8,13,16H,2,5-7H2,1H3. The minimum absolute atomic E-state index is 0.207. The van der Waals surface area contributed by atoms with Crippen LogP contribution < -0.4 is 10.2 Å². The fourth-order valence-electron chi connectivity index (χ4n) is 2.06. The number of carbonyl (C=O) groups excluding carboxylic acids is 1. The first-order chi connectivity index (χ1) is 7.76. The molecule has 1 aromatic rings. The highest BCUT2D eigenvalue weighted by molar-refractivity contribution is 7.80. The van der Waals surface area contributed by atoms with Crippen LogP contribution in [0.4, 0.5) is 11.4 Å². The summed E-state index contributed by atoms with van der Waals surface area (Å²) in [5.41, 5.74) is 3.39. The molecule has 1 aromatic carbocycles. The number of amides is 1. The summed E-state index contributed by atoms with van der Waals surface area (Å²) in [6.45, 7) is 0.688. The van der Waals surface area contributed by atoms with Crippen molar-refractivity contribution in [3.63, 3.8) is 0 Å². The second-order valence-corrected chi connectivity index (χ2v) is 4.31. The quantitative estimate of drug-likeness (QED) is 0.786. The van der Waals surface area contributed by atoms with Crippen LogP contribution in [-0.4, -0.2) is 25.3 Å². The molecule has 0 unspecified atom stereocenters. The van der Waals surface area contributed by atoms with Gasteiger partial charge >= 0.3 is 0 Å². The third kappa shape index (κ3) is 2.02. The maximum Gasteiger partial charge on any atom is 0.227 e. The summed E-state index contributed by atoms with van der Waals surface area (Å²) in [6, 6.07) is 6.14. The van der Waals surface area contributed by atoms with E-state index in [9.17, 15) is 4.79 Å². The second-order valence-electron chi connectivity index (χ2n) is 3.86. The summed E-state index contributed by atoms with van der Waals surface area (Å²) in [7, 11) is 1.90. The molecule has 1 N–H and O–H groups in total. The Morgan fingerprint density at radius 3 is 2.94 bits per heavy atom. The SMILES string of the molecule is CNc1ccc2c(c1)CCC(=O)N2CCS. The molecule has 3 nitrogen and oxygen atoms in total. The summed E-state index contributed by atoms with van der Waals surface area (Å²) < 4.78 is 0. The zero-order chi connectivity index (χ0) is 11.5. The van der Waals surface area contributed by atoms with Crippen LogP contribution in [0.5, 0.6) is 0 Å². The van der Waals surface area contributed by atoms with Crippen molar-refractivity contribution in [2.75, 3.05) is 29.6 Å². The van der Waals surface area contributed by atoms with Gasteiger partial charge in [-0.1, -0.05) is 0 Å². The number of nitrogens with zero attached hydrogens (tertiary/aromatic N) is 1. The van der Waals surface area contributed by atoms with Crippen LogP contribution in [0, 0.1) is 0 Å². The summed E-state index contributed by atoms with van der Waals surface area (Å²) >= 11 is 4.20. The highest BCUT2D eigenvalue weighted by Gasteiger charge is 2.23. The first-order valence-electron chi connectivity index (χ1n) is 5.48. The highest BCUT2D eigenvalue weighted by atomic mass is 32.1. The third-order valence-electron chi connectivity index (χ3n) is 2.89. The number of anilines is 2. The van der Waals surface area contributed by atoms with Crippen molar-refractivity contribution in [1.29, 1.82) is 0 Å². The lowest BCUT2D eigenvalue weighted by Gasteiger charge is -2.29. The van der Waals surface area contributed by atoms with Crippen molar-refractivity contribution in [2.45, 2.75) is 12.8 Å². The normalized spacial score (nSPS) is 14.9. The van der Waals surface area contributed by atoms with Crippen molar-refractivity contribution in [3.05, 3.63) is 23.8 Å². The molecule has 1 amide bonds. The van der Waals surface area contributed by atoms with E-state index in [1.807, 2.05) is 24.1 Å². The largest absolute Gasteiger partial charge is 0.388 e. The van der Waals surface area contributed by atoms with Gasteiger partial charge in [0.2, 0.25) is 5.91 Å². The van der Waals surface area contributed by atoms with Gasteiger partial charge in [0.1, 0.15) is 0 Å². The topological polar surface area (TPSA) is 32.3 Å². The molecule has 0 atom stereocenters. The monoisotopic (exact) mass is 236 g/mol. The Labute approximate surface area is 101 Å². The Morgan fingerprint density at radius 2 is 2.25 bits per heavy atom. The van der Waals surface area contributed by atoms with Crippen molar-refractivity contribution >= 4 is 29.9 Å². The number of fused-ring (bicyclic) bond motifs is 1. The van der Waals surface area contributed by atoms with E-state index in [2.05, 4.69) is 24.0 Å². The van der Waals surface area contributed by atoms with E-state index in [0.29, 0.717) is 18.7 Å². The van der Waals surface area contributed by atoms with Gasteiger partial charge in [0.15, 0.2) is 0 Å². The molecule has 0 saturated heterocycles. The number of hydrogen-bond acceptors (Lipinski definition) is 3. The first-order valence-corrected chi connectivity index (χ1v) is 6.11. The van der Waals surface area contributed by atoms with Crippen molar-refractivity contribution in [1.82, 2.24) is 0 Å². The van der Waals surface area contributed by atoms with Gasteiger partial charge in [0, 0.05) is 37.1 Å². The zero-order valence-electron chi connectivity index (χ0n) is 9.36. The Morgan fingerprint density at radius 1 is 1.44 bits per heavy atom.